The van der Waals surface area contributed by atoms with Gasteiger partial charge in [-0.25, -0.2) is 0 Å². The zero-order chi connectivity index (χ0) is 18.8. The highest BCUT2D eigenvalue weighted by molar-refractivity contribution is 6.20. The number of phenols is 1. The van der Waals surface area contributed by atoms with Crippen LogP contribution in [0.15, 0.2) is 42.5 Å². The van der Waals surface area contributed by atoms with Gasteiger partial charge in [-0.2, -0.15) is 0 Å². The number of aromatic hydroxyl groups is 1. The number of benzene rings is 2. The number of nitrogens with one attached hydrogen (secondary N) is 1. The molecule has 1 heterocycles. The summed E-state index contributed by atoms with van der Waals surface area (Å²) in [5, 5.41) is 23.0. The van der Waals surface area contributed by atoms with Gasteiger partial charge in [-0.15, -0.1) is 0 Å². The molecule has 0 atom stereocenters. The number of phenolic OH excluding ortho intramolecular Hbond substituents is 1. The van der Waals surface area contributed by atoms with Gasteiger partial charge in [0.2, 0.25) is 11.8 Å². The van der Waals surface area contributed by atoms with Crippen molar-refractivity contribution >= 4 is 34.8 Å². The maximum absolute atomic E-state index is 12.4. The molecular weight excluding hydrogens is 342 g/mol. The minimum absolute atomic E-state index is 0.122. The molecule has 1 aliphatic heterocycles. The van der Waals surface area contributed by atoms with Crippen LogP contribution in [0.3, 0.4) is 0 Å². The lowest BCUT2D eigenvalue weighted by atomic mass is 10.1. The Labute approximate surface area is 147 Å². The Morgan fingerprint density at radius 1 is 1.12 bits per heavy atom. The predicted molar refractivity (Wildman–Crippen MR) is 90.9 cm³/mol. The van der Waals surface area contributed by atoms with E-state index in [4.69, 9.17) is 0 Å². The second-order valence-corrected chi connectivity index (χ2v) is 5.59. The first kappa shape index (κ1) is 17.1. The summed E-state index contributed by atoms with van der Waals surface area (Å²) in [6.07, 6.45) is 0.244. The lowest BCUT2D eigenvalue weighted by Crippen LogP contribution is -2.28. The number of hydrogen-bond donors (Lipinski definition) is 2. The number of imide groups is 1. The number of rotatable bonds is 4. The topological polar surface area (TPSA) is 130 Å². The van der Waals surface area contributed by atoms with Gasteiger partial charge in [0.05, 0.1) is 16.3 Å². The van der Waals surface area contributed by atoms with Crippen LogP contribution in [0.1, 0.15) is 23.2 Å². The summed E-state index contributed by atoms with van der Waals surface area (Å²) < 4.78 is 0. The number of carbonyl (C=O) groups excluding carboxylic acids is 3. The van der Waals surface area contributed by atoms with Gasteiger partial charge in [0.15, 0.2) is 0 Å². The Hall–Kier alpha value is -3.75. The minimum atomic E-state index is -0.652. The summed E-state index contributed by atoms with van der Waals surface area (Å²) in [4.78, 5) is 47.2. The van der Waals surface area contributed by atoms with Crippen LogP contribution in [0.2, 0.25) is 0 Å². The molecular formula is C17H13N3O6. The molecule has 26 heavy (non-hydrogen) atoms. The molecule has 9 heteroatoms. The Morgan fingerprint density at radius 3 is 2.46 bits per heavy atom. The molecule has 1 fully saturated rings. The van der Waals surface area contributed by atoms with Gasteiger partial charge in [-0.3, -0.25) is 29.4 Å². The molecule has 0 radical (unpaired) electrons. The fraction of sp³-hybridized carbons (Fsp3) is 0.118. The number of nitro groups is 1. The molecule has 0 unspecified atom stereocenters. The highest BCUT2D eigenvalue weighted by Crippen LogP contribution is 2.29. The highest BCUT2D eigenvalue weighted by Gasteiger charge is 2.30. The van der Waals surface area contributed by atoms with E-state index in [9.17, 15) is 29.6 Å². The fourth-order valence-electron chi connectivity index (χ4n) is 2.58. The first-order chi connectivity index (χ1) is 12.4. The van der Waals surface area contributed by atoms with E-state index in [2.05, 4.69) is 5.32 Å². The van der Waals surface area contributed by atoms with Crippen molar-refractivity contribution < 1.29 is 24.4 Å². The molecule has 1 saturated heterocycles. The Balaban J connectivity index is 1.86. The van der Waals surface area contributed by atoms with Crippen LogP contribution in [0.25, 0.3) is 0 Å². The predicted octanol–water partition coefficient (Wildman–Crippen LogP) is 2.21. The number of non-ortho nitro benzene ring substituents is 1. The molecule has 2 aromatic carbocycles. The second-order valence-electron chi connectivity index (χ2n) is 5.59. The molecule has 3 amide bonds. The smallest absolute Gasteiger partial charge is 0.271 e. The lowest BCUT2D eigenvalue weighted by Gasteiger charge is -2.15. The summed E-state index contributed by atoms with van der Waals surface area (Å²) >= 11 is 0. The number of nitrogens with zero attached hydrogens (tertiary/aromatic N) is 2. The molecule has 0 aromatic heterocycles. The summed E-state index contributed by atoms with van der Waals surface area (Å²) in [5.41, 5.74) is -0.0163. The summed E-state index contributed by atoms with van der Waals surface area (Å²) in [5.74, 6) is -1.67. The Morgan fingerprint density at radius 2 is 1.81 bits per heavy atom. The van der Waals surface area contributed by atoms with Crippen LogP contribution in [0, 0.1) is 10.1 Å². The van der Waals surface area contributed by atoms with E-state index < -0.39 is 10.8 Å². The molecule has 0 saturated carbocycles. The first-order valence-corrected chi connectivity index (χ1v) is 7.61. The average Bonchev–Trinajstić information content (AvgIpc) is 2.95. The molecule has 0 spiro atoms. The zero-order valence-corrected chi connectivity index (χ0v) is 13.3. The van der Waals surface area contributed by atoms with Gasteiger partial charge in [-0.1, -0.05) is 6.07 Å². The van der Waals surface area contributed by atoms with Crippen LogP contribution in [-0.2, 0) is 9.59 Å². The molecule has 0 aliphatic carbocycles. The van der Waals surface area contributed by atoms with Crippen molar-refractivity contribution in [1.29, 1.82) is 0 Å². The van der Waals surface area contributed by atoms with Gasteiger partial charge in [0.25, 0.3) is 11.6 Å². The molecule has 2 N–H and O–H groups in total. The van der Waals surface area contributed by atoms with E-state index in [1.807, 2.05) is 0 Å². The van der Waals surface area contributed by atoms with Gasteiger partial charge in [0.1, 0.15) is 5.75 Å². The van der Waals surface area contributed by atoms with Crippen molar-refractivity contribution in [3.05, 3.63) is 58.1 Å². The van der Waals surface area contributed by atoms with Crippen LogP contribution < -0.4 is 10.2 Å². The summed E-state index contributed by atoms with van der Waals surface area (Å²) in [6.45, 7) is 0. The van der Waals surface area contributed by atoms with E-state index >= 15 is 0 Å². The monoisotopic (exact) mass is 355 g/mol. The third kappa shape index (κ3) is 3.22. The van der Waals surface area contributed by atoms with Gasteiger partial charge >= 0.3 is 0 Å². The molecule has 2 aromatic rings. The summed E-state index contributed by atoms with van der Waals surface area (Å²) in [7, 11) is 0. The van der Waals surface area contributed by atoms with Gasteiger partial charge < -0.3 is 10.4 Å². The third-order valence-corrected chi connectivity index (χ3v) is 3.86. The number of amides is 3. The highest BCUT2D eigenvalue weighted by atomic mass is 16.6. The molecule has 0 bridgehead atoms. The van der Waals surface area contributed by atoms with E-state index in [1.165, 1.54) is 24.3 Å². The van der Waals surface area contributed by atoms with Crippen molar-refractivity contribution in [3.8, 4) is 5.75 Å². The Kier molecular flexibility index (Phi) is 4.36. The van der Waals surface area contributed by atoms with Crippen LogP contribution >= 0.6 is 0 Å². The Bertz CT molecular complexity index is 924. The standard InChI is InChI=1S/C17H13N3O6/c21-14-5-4-12(20(25)26)9-13(14)18-17(24)10-2-1-3-11(8-10)19-15(22)6-7-16(19)23/h1-5,8-9,21H,6-7H2,(H,18,24). The molecule has 132 valence electrons. The molecule has 3 rings (SSSR count). The van der Waals surface area contributed by atoms with E-state index in [0.29, 0.717) is 0 Å². The maximum atomic E-state index is 12.4. The van der Waals surface area contributed by atoms with Crippen molar-refractivity contribution in [1.82, 2.24) is 0 Å². The minimum Gasteiger partial charge on any atom is -0.506 e. The van der Waals surface area contributed by atoms with E-state index in [0.717, 1.165) is 23.1 Å². The van der Waals surface area contributed by atoms with Crippen molar-refractivity contribution in [2.45, 2.75) is 12.8 Å². The van der Waals surface area contributed by atoms with Crippen molar-refractivity contribution in [3.63, 3.8) is 0 Å². The molecule has 1 aliphatic rings. The van der Waals surface area contributed by atoms with Crippen LogP contribution in [0.5, 0.6) is 5.75 Å². The van der Waals surface area contributed by atoms with Crippen molar-refractivity contribution in [2.24, 2.45) is 0 Å². The largest absolute Gasteiger partial charge is 0.506 e. The first-order valence-electron chi connectivity index (χ1n) is 7.61. The lowest BCUT2D eigenvalue weighted by molar-refractivity contribution is -0.384. The number of hydrogen-bond acceptors (Lipinski definition) is 6. The van der Waals surface area contributed by atoms with Crippen LogP contribution in [-0.4, -0.2) is 27.8 Å². The normalized spacial score (nSPS) is 13.8. The van der Waals surface area contributed by atoms with Crippen molar-refractivity contribution in [2.75, 3.05) is 10.2 Å². The average molecular weight is 355 g/mol. The SMILES string of the molecule is O=C(Nc1cc([N+](=O)[O-])ccc1O)c1cccc(N2C(=O)CCC2=O)c1. The number of nitro benzene ring substituents is 1. The van der Waals surface area contributed by atoms with Crippen LogP contribution in [0.4, 0.5) is 17.1 Å². The van der Waals surface area contributed by atoms with Gasteiger partial charge in [0, 0.05) is 30.5 Å². The quantitative estimate of drug-likeness (QED) is 0.374. The fourth-order valence-corrected chi connectivity index (χ4v) is 2.58. The van der Waals surface area contributed by atoms with Gasteiger partial charge in [-0.05, 0) is 24.3 Å². The molecule has 9 nitrogen and oxygen atoms in total. The zero-order valence-electron chi connectivity index (χ0n) is 13.3. The third-order valence-electron chi connectivity index (χ3n) is 3.86. The second kappa shape index (κ2) is 6.63. The van der Waals surface area contributed by atoms with E-state index in [-0.39, 0.29) is 53.0 Å². The number of carbonyl (C=O) groups is 3. The van der Waals surface area contributed by atoms with E-state index in [1.54, 1.807) is 0 Å². The summed E-state index contributed by atoms with van der Waals surface area (Å²) in [6, 6.07) is 9.11. The maximum Gasteiger partial charge on any atom is 0.271 e. The number of anilines is 2.